The van der Waals surface area contributed by atoms with Gasteiger partial charge in [0.15, 0.2) is 0 Å². The number of carbonyl (C=O) groups is 1. The molecule has 0 radical (unpaired) electrons. The number of rotatable bonds is 6. The molecule has 1 amide bonds. The highest BCUT2D eigenvalue weighted by Gasteiger charge is 2.22. The van der Waals surface area contributed by atoms with E-state index in [2.05, 4.69) is 36.2 Å². The number of amides is 1. The predicted octanol–water partition coefficient (Wildman–Crippen LogP) is 3.06. The fourth-order valence-corrected chi connectivity index (χ4v) is 3.04. The Labute approximate surface area is 144 Å². The van der Waals surface area contributed by atoms with Crippen LogP contribution in [-0.2, 0) is 9.53 Å². The molecule has 1 aliphatic heterocycles. The van der Waals surface area contributed by atoms with E-state index in [0.29, 0.717) is 12.5 Å². The molecule has 1 N–H and O–H groups in total. The molecule has 1 aromatic rings. The van der Waals surface area contributed by atoms with E-state index in [4.69, 9.17) is 16.3 Å². The highest BCUT2D eigenvalue weighted by Crippen LogP contribution is 2.23. The summed E-state index contributed by atoms with van der Waals surface area (Å²) in [5.41, 5.74) is 1.23. The van der Waals surface area contributed by atoms with Gasteiger partial charge in [0, 0.05) is 30.3 Å². The normalized spacial score (nSPS) is 18.7. The molecule has 1 aliphatic rings. The van der Waals surface area contributed by atoms with Gasteiger partial charge in [-0.2, -0.15) is 0 Å². The van der Waals surface area contributed by atoms with Crippen molar-refractivity contribution < 1.29 is 9.53 Å². The quantitative estimate of drug-likeness (QED) is 0.866. The van der Waals surface area contributed by atoms with Crippen molar-refractivity contribution in [1.29, 1.82) is 0 Å². The molecule has 0 spiro atoms. The zero-order valence-electron chi connectivity index (χ0n) is 14.2. The van der Waals surface area contributed by atoms with E-state index in [0.717, 1.165) is 31.1 Å². The average Bonchev–Trinajstić information content (AvgIpc) is 2.55. The topological polar surface area (TPSA) is 41.6 Å². The molecule has 4 nitrogen and oxygen atoms in total. The number of ether oxygens (including phenoxy) is 1. The van der Waals surface area contributed by atoms with E-state index in [-0.39, 0.29) is 18.0 Å². The first-order valence-corrected chi connectivity index (χ1v) is 8.68. The third kappa shape index (κ3) is 5.48. The van der Waals surface area contributed by atoms with Crippen LogP contribution in [-0.4, -0.2) is 49.7 Å². The van der Waals surface area contributed by atoms with Crippen LogP contribution in [0.1, 0.15) is 38.2 Å². The Balaban J connectivity index is 1.84. The molecule has 23 heavy (non-hydrogen) atoms. The lowest BCUT2D eigenvalue weighted by Gasteiger charge is -2.31. The largest absolute Gasteiger partial charge is 0.381 e. The highest BCUT2D eigenvalue weighted by atomic mass is 35.5. The molecular weight excluding hydrogens is 312 g/mol. The van der Waals surface area contributed by atoms with Crippen molar-refractivity contribution in [1.82, 2.24) is 10.2 Å². The van der Waals surface area contributed by atoms with Crippen LogP contribution >= 0.6 is 11.6 Å². The second-order valence-electron chi connectivity index (χ2n) is 6.45. The second-order valence-corrected chi connectivity index (χ2v) is 6.89. The molecule has 0 aliphatic carbocycles. The molecule has 0 aromatic heterocycles. The van der Waals surface area contributed by atoms with Gasteiger partial charge < -0.3 is 10.1 Å². The molecule has 0 bridgehead atoms. The average molecular weight is 339 g/mol. The first-order valence-electron chi connectivity index (χ1n) is 8.30. The van der Waals surface area contributed by atoms with Crippen LogP contribution in [0.5, 0.6) is 0 Å². The van der Waals surface area contributed by atoms with E-state index in [1.54, 1.807) is 0 Å². The van der Waals surface area contributed by atoms with Crippen molar-refractivity contribution in [3.63, 3.8) is 0 Å². The summed E-state index contributed by atoms with van der Waals surface area (Å²) in [5.74, 6) is 0.419. The molecule has 0 saturated carbocycles. The van der Waals surface area contributed by atoms with Crippen molar-refractivity contribution in [3.8, 4) is 0 Å². The molecule has 5 heteroatoms. The summed E-state index contributed by atoms with van der Waals surface area (Å²) >= 11 is 5.95. The summed E-state index contributed by atoms with van der Waals surface area (Å²) in [6, 6.07) is 8.46. The zero-order valence-corrected chi connectivity index (χ0v) is 15.0. The summed E-state index contributed by atoms with van der Waals surface area (Å²) in [7, 11) is 2.00. The second kappa shape index (κ2) is 8.67. The van der Waals surface area contributed by atoms with Crippen molar-refractivity contribution in [3.05, 3.63) is 34.9 Å². The Morgan fingerprint density at radius 1 is 1.30 bits per heavy atom. The van der Waals surface area contributed by atoms with Gasteiger partial charge in [0.1, 0.15) is 0 Å². The van der Waals surface area contributed by atoms with Crippen LogP contribution in [0.4, 0.5) is 0 Å². The number of nitrogens with one attached hydrogen (secondary N) is 1. The summed E-state index contributed by atoms with van der Waals surface area (Å²) in [6.45, 7) is 6.23. The maximum absolute atomic E-state index is 12.2. The van der Waals surface area contributed by atoms with E-state index in [9.17, 15) is 4.79 Å². The van der Waals surface area contributed by atoms with Crippen LogP contribution < -0.4 is 5.32 Å². The van der Waals surface area contributed by atoms with Gasteiger partial charge in [-0.25, -0.2) is 0 Å². The third-order valence-corrected chi connectivity index (χ3v) is 5.05. The maximum atomic E-state index is 12.2. The standard InChI is InChI=1S/C18H27ClN2O2/c1-13(15-4-6-16(19)7-5-15)14(2)21(3)12-18(22)20-17-8-10-23-11-9-17/h4-7,13-14,17H,8-12H2,1-3H3,(H,20,22). The van der Waals surface area contributed by atoms with Gasteiger partial charge in [-0.15, -0.1) is 0 Å². The lowest BCUT2D eigenvalue weighted by atomic mass is 9.93. The molecule has 1 fully saturated rings. The summed E-state index contributed by atoms with van der Waals surface area (Å²) in [6.07, 6.45) is 1.82. The fraction of sp³-hybridized carbons (Fsp3) is 0.611. The molecule has 2 unspecified atom stereocenters. The Morgan fingerprint density at radius 2 is 1.91 bits per heavy atom. The summed E-state index contributed by atoms with van der Waals surface area (Å²) in [5, 5.41) is 3.86. The van der Waals surface area contributed by atoms with Crippen molar-refractivity contribution in [2.24, 2.45) is 0 Å². The van der Waals surface area contributed by atoms with Gasteiger partial charge >= 0.3 is 0 Å². The van der Waals surface area contributed by atoms with E-state index >= 15 is 0 Å². The van der Waals surface area contributed by atoms with Gasteiger partial charge in [-0.05, 0) is 50.4 Å². The lowest BCUT2D eigenvalue weighted by Crippen LogP contribution is -2.46. The monoisotopic (exact) mass is 338 g/mol. The Bertz CT molecular complexity index is 500. The molecule has 1 saturated heterocycles. The highest BCUT2D eigenvalue weighted by molar-refractivity contribution is 6.30. The maximum Gasteiger partial charge on any atom is 0.234 e. The van der Waals surface area contributed by atoms with Crippen LogP contribution in [0.2, 0.25) is 5.02 Å². The number of benzene rings is 1. The molecule has 2 atom stereocenters. The van der Waals surface area contributed by atoms with Crippen LogP contribution in [0.25, 0.3) is 0 Å². The molecule has 1 aromatic carbocycles. The summed E-state index contributed by atoms with van der Waals surface area (Å²) < 4.78 is 5.32. The van der Waals surface area contributed by atoms with Gasteiger partial charge in [0.2, 0.25) is 5.91 Å². The van der Waals surface area contributed by atoms with Crippen molar-refractivity contribution in [2.75, 3.05) is 26.8 Å². The minimum absolute atomic E-state index is 0.0922. The Morgan fingerprint density at radius 3 is 2.52 bits per heavy atom. The fourth-order valence-electron chi connectivity index (χ4n) is 2.91. The molecule has 1 heterocycles. The third-order valence-electron chi connectivity index (χ3n) is 4.79. The van der Waals surface area contributed by atoms with Crippen molar-refractivity contribution in [2.45, 2.75) is 44.7 Å². The van der Waals surface area contributed by atoms with Crippen LogP contribution in [0.3, 0.4) is 0 Å². The van der Waals surface area contributed by atoms with Gasteiger partial charge in [0.05, 0.1) is 6.54 Å². The predicted molar refractivity (Wildman–Crippen MR) is 93.9 cm³/mol. The smallest absolute Gasteiger partial charge is 0.234 e. The minimum atomic E-state index is 0.0922. The van der Waals surface area contributed by atoms with E-state index in [1.807, 2.05) is 19.2 Å². The van der Waals surface area contributed by atoms with E-state index < -0.39 is 0 Å². The number of hydrogen-bond donors (Lipinski definition) is 1. The zero-order chi connectivity index (χ0) is 16.8. The molecular formula is C18H27ClN2O2. The minimum Gasteiger partial charge on any atom is -0.381 e. The Hall–Kier alpha value is -1.10. The van der Waals surface area contributed by atoms with Crippen LogP contribution in [0.15, 0.2) is 24.3 Å². The number of hydrogen-bond acceptors (Lipinski definition) is 3. The number of halogens is 1. The van der Waals surface area contributed by atoms with Gasteiger partial charge in [-0.3, -0.25) is 9.69 Å². The van der Waals surface area contributed by atoms with Gasteiger partial charge in [0.25, 0.3) is 0 Å². The Kier molecular flexibility index (Phi) is 6.88. The first-order chi connectivity index (χ1) is 11.0. The lowest BCUT2D eigenvalue weighted by molar-refractivity contribution is -0.123. The summed E-state index contributed by atoms with van der Waals surface area (Å²) in [4.78, 5) is 14.3. The van der Waals surface area contributed by atoms with Gasteiger partial charge in [-0.1, -0.05) is 30.7 Å². The van der Waals surface area contributed by atoms with Crippen molar-refractivity contribution >= 4 is 17.5 Å². The number of likely N-dealkylation sites (N-methyl/N-ethyl adjacent to an activating group) is 1. The van der Waals surface area contributed by atoms with E-state index in [1.165, 1.54) is 5.56 Å². The molecule has 128 valence electrons. The van der Waals surface area contributed by atoms with Crippen LogP contribution in [0, 0.1) is 0 Å². The molecule has 2 rings (SSSR count). The number of nitrogens with zero attached hydrogens (tertiary/aromatic N) is 1. The number of carbonyl (C=O) groups excluding carboxylic acids is 1. The SMILES string of the molecule is CC(c1ccc(Cl)cc1)C(C)N(C)CC(=O)NC1CCOCC1. The first kappa shape index (κ1) is 18.2.